The minimum absolute atomic E-state index is 0.513. The summed E-state index contributed by atoms with van der Waals surface area (Å²) in [6.07, 6.45) is 9.32. The van der Waals surface area contributed by atoms with Crippen LogP contribution in [0.2, 0.25) is 0 Å². The van der Waals surface area contributed by atoms with Gasteiger partial charge < -0.3 is 5.32 Å². The van der Waals surface area contributed by atoms with Gasteiger partial charge in [0.15, 0.2) is 0 Å². The molecule has 1 fully saturated rings. The molecule has 1 aliphatic rings. The van der Waals surface area contributed by atoms with Crippen LogP contribution in [0.4, 0.5) is 0 Å². The number of hydrogen-bond donors (Lipinski definition) is 1. The average molecular weight is 251 g/mol. The second-order valence-electron chi connectivity index (χ2n) is 6.90. The third kappa shape index (κ3) is 4.76. The van der Waals surface area contributed by atoms with Gasteiger partial charge in [0.25, 0.3) is 0 Å². The molecule has 1 heteroatoms. The second-order valence-corrected chi connectivity index (χ2v) is 6.90. The van der Waals surface area contributed by atoms with E-state index in [0.29, 0.717) is 11.5 Å². The van der Waals surface area contributed by atoms with Crippen molar-refractivity contribution in [2.45, 2.75) is 78.7 Å². The van der Waals surface area contributed by atoms with Gasteiger partial charge in [-0.1, -0.05) is 39.2 Å². The van der Waals surface area contributed by atoms with Crippen LogP contribution < -0.4 is 5.32 Å². The molecule has 18 heavy (non-hydrogen) atoms. The minimum atomic E-state index is 0.513. The summed E-state index contributed by atoms with van der Waals surface area (Å²) in [6, 6.07) is 0.692. The molecule has 0 aromatic carbocycles. The molecule has 1 saturated carbocycles. The van der Waals surface area contributed by atoms with Gasteiger partial charge in [-0.3, -0.25) is 0 Å². The van der Waals surface area contributed by atoms with Gasteiger partial charge in [-0.25, -0.2) is 0 Å². The quantitative estimate of drug-likeness (QED) is 0.633. The van der Waals surface area contributed by atoms with E-state index < -0.39 is 0 Å². The van der Waals surface area contributed by atoms with Crippen molar-refractivity contribution < 1.29 is 0 Å². The summed E-state index contributed by atoms with van der Waals surface area (Å²) in [7, 11) is 0. The zero-order chi connectivity index (χ0) is 13.6. The molecule has 0 aromatic heterocycles. The fraction of sp³-hybridized carbons (Fsp3) is 0.882. The van der Waals surface area contributed by atoms with E-state index in [-0.39, 0.29) is 0 Å². The second kappa shape index (κ2) is 7.33. The Bertz CT molecular complexity index is 254. The van der Waals surface area contributed by atoms with Crippen LogP contribution in [0.25, 0.3) is 0 Å². The lowest BCUT2D eigenvalue weighted by Crippen LogP contribution is -2.45. The summed E-state index contributed by atoms with van der Waals surface area (Å²) in [6.45, 7) is 14.6. The normalized spacial score (nSPS) is 24.8. The van der Waals surface area contributed by atoms with Crippen LogP contribution in [0.15, 0.2) is 12.2 Å². The van der Waals surface area contributed by atoms with Crippen molar-refractivity contribution in [1.82, 2.24) is 5.32 Å². The van der Waals surface area contributed by atoms with Gasteiger partial charge in [0, 0.05) is 6.04 Å². The first-order valence-corrected chi connectivity index (χ1v) is 7.85. The molecule has 1 nitrogen and oxygen atoms in total. The molecule has 0 bridgehead atoms. The van der Waals surface area contributed by atoms with Crippen molar-refractivity contribution in [3.8, 4) is 0 Å². The smallest absolute Gasteiger partial charge is 0.0103 e. The third-order valence-corrected chi connectivity index (χ3v) is 4.61. The summed E-state index contributed by atoms with van der Waals surface area (Å²) < 4.78 is 0. The van der Waals surface area contributed by atoms with Crippen LogP contribution in [-0.4, -0.2) is 12.6 Å². The third-order valence-electron chi connectivity index (χ3n) is 4.61. The molecular formula is C17H33N. The highest BCUT2D eigenvalue weighted by molar-refractivity contribution is 4.94. The summed E-state index contributed by atoms with van der Waals surface area (Å²) in [5.74, 6) is 0.845. The summed E-state index contributed by atoms with van der Waals surface area (Å²) in [5, 5.41) is 3.81. The number of nitrogens with one attached hydrogen (secondary N) is 1. The Morgan fingerprint density at radius 3 is 2.67 bits per heavy atom. The Hall–Kier alpha value is -0.300. The predicted octanol–water partition coefficient (Wildman–Crippen LogP) is 4.93. The predicted molar refractivity (Wildman–Crippen MR) is 81.9 cm³/mol. The lowest BCUT2D eigenvalue weighted by Gasteiger charge is -2.44. The van der Waals surface area contributed by atoms with E-state index in [9.17, 15) is 0 Å². The van der Waals surface area contributed by atoms with Crippen LogP contribution in [0.5, 0.6) is 0 Å². The molecule has 2 unspecified atom stereocenters. The molecule has 0 spiro atoms. The SMILES string of the molecule is C=C(C)CCC(NCCC)C1CCCCC1(C)C. The largest absolute Gasteiger partial charge is 0.314 e. The van der Waals surface area contributed by atoms with Gasteiger partial charge in [-0.15, -0.1) is 6.58 Å². The van der Waals surface area contributed by atoms with E-state index in [1.165, 1.54) is 50.5 Å². The molecular weight excluding hydrogens is 218 g/mol. The Morgan fingerprint density at radius 2 is 2.11 bits per heavy atom. The Kier molecular flexibility index (Phi) is 6.42. The van der Waals surface area contributed by atoms with Gasteiger partial charge in [-0.2, -0.15) is 0 Å². The summed E-state index contributed by atoms with van der Waals surface area (Å²) in [5.41, 5.74) is 1.84. The molecule has 0 saturated heterocycles. The molecule has 1 rings (SSSR count). The van der Waals surface area contributed by atoms with E-state index >= 15 is 0 Å². The number of hydrogen-bond acceptors (Lipinski definition) is 1. The lowest BCUT2D eigenvalue weighted by molar-refractivity contribution is 0.0948. The van der Waals surface area contributed by atoms with Crippen LogP contribution in [0.1, 0.15) is 72.6 Å². The first-order chi connectivity index (χ1) is 8.47. The standard InChI is InChI=1S/C17H33N/c1-6-13-18-16(11-10-14(2)3)15-9-7-8-12-17(15,4)5/h15-16,18H,2,6-13H2,1,3-5H3. The maximum Gasteiger partial charge on any atom is 0.0103 e. The first kappa shape index (κ1) is 15.8. The molecule has 0 aromatic rings. The lowest BCUT2D eigenvalue weighted by atomic mass is 9.65. The highest BCUT2D eigenvalue weighted by Gasteiger charge is 2.36. The zero-order valence-electron chi connectivity index (χ0n) is 13.0. The van der Waals surface area contributed by atoms with Gasteiger partial charge >= 0.3 is 0 Å². The van der Waals surface area contributed by atoms with Gasteiger partial charge in [0.2, 0.25) is 0 Å². The van der Waals surface area contributed by atoms with Crippen molar-refractivity contribution in [3.63, 3.8) is 0 Å². The fourth-order valence-corrected chi connectivity index (χ4v) is 3.44. The van der Waals surface area contributed by atoms with Crippen LogP contribution in [0.3, 0.4) is 0 Å². The number of rotatable bonds is 7. The fourth-order valence-electron chi connectivity index (χ4n) is 3.44. The molecule has 106 valence electrons. The van der Waals surface area contributed by atoms with Crippen molar-refractivity contribution in [2.24, 2.45) is 11.3 Å². The van der Waals surface area contributed by atoms with Gasteiger partial charge in [0.05, 0.1) is 0 Å². The van der Waals surface area contributed by atoms with E-state index in [1.54, 1.807) is 0 Å². The van der Waals surface area contributed by atoms with Crippen LogP contribution in [0, 0.1) is 11.3 Å². The molecule has 2 atom stereocenters. The Labute approximate surface area is 114 Å². The van der Waals surface area contributed by atoms with Crippen molar-refractivity contribution in [3.05, 3.63) is 12.2 Å². The highest BCUT2D eigenvalue weighted by Crippen LogP contribution is 2.43. The van der Waals surface area contributed by atoms with E-state index in [2.05, 4.69) is 39.6 Å². The monoisotopic (exact) mass is 251 g/mol. The molecule has 0 radical (unpaired) electrons. The molecule has 0 amide bonds. The Balaban J connectivity index is 2.63. The van der Waals surface area contributed by atoms with Crippen LogP contribution in [-0.2, 0) is 0 Å². The van der Waals surface area contributed by atoms with Crippen molar-refractivity contribution in [1.29, 1.82) is 0 Å². The first-order valence-electron chi connectivity index (χ1n) is 7.85. The van der Waals surface area contributed by atoms with Crippen LogP contribution >= 0.6 is 0 Å². The molecule has 0 heterocycles. The molecule has 0 aliphatic heterocycles. The average Bonchev–Trinajstić information content (AvgIpc) is 2.29. The highest BCUT2D eigenvalue weighted by atomic mass is 14.9. The Morgan fingerprint density at radius 1 is 1.39 bits per heavy atom. The molecule has 1 aliphatic carbocycles. The topological polar surface area (TPSA) is 12.0 Å². The minimum Gasteiger partial charge on any atom is -0.314 e. The van der Waals surface area contributed by atoms with Crippen molar-refractivity contribution in [2.75, 3.05) is 6.54 Å². The van der Waals surface area contributed by atoms with E-state index in [0.717, 1.165) is 12.5 Å². The summed E-state index contributed by atoms with van der Waals surface area (Å²) >= 11 is 0. The van der Waals surface area contributed by atoms with E-state index in [1.807, 2.05) is 0 Å². The summed E-state index contributed by atoms with van der Waals surface area (Å²) in [4.78, 5) is 0. The van der Waals surface area contributed by atoms with Gasteiger partial charge in [0.1, 0.15) is 0 Å². The maximum absolute atomic E-state index is 4.06. The van der Waals surface area contributed by atoms with Gasteiger partial charge in [-0.05, 0) is 56.9 Å². The number of allylic oxidation sites excluding steroid dienone is 1. The maximum atomic E-state index is 4.06. The zero-order valence-corrected chi connectivity index (χ0v) is 13.0. The molecule has 1 N–H and O–H groups in total. The van der Waals surface area contributed by atoms with E-state index in [4.69, 9.17) is 0 Å². The van der Waals surface area contributed by atoms with Crippen molar-refractivity contribution >= 4 is 0 Å².